The Kier molecular flexibility index (Phi) is 5.58. The van der Waals surface area contributed by atoms with Crippen LogP contribution < -0.4 is 10.1 Å². The molecule has 0 bridgehead atoms. The minimum atomic E-state index is 0.125. The Balaban J connectivity index is 1.70. The molecule has 3 nitrogen and oxygen atoms in total. The Bertz CT molecular complexity index is 416. The van der Waals surface area contributed by atoms with Crippen LogP contribution >= 0.6 is 11.8 Å². The molecule has 4 heteroatoms. The van der Waals surface area contributed by atoms with Crippen molar-refractivity contribution < 1.29 is 9.53 Å². The first kappa shape index (κ1) is 14.3. The Labute approximate surface area is 119 Å². The van der Waals surface area contributed by atoms with Crippen LogP contribution in [0.1, 0.15) is 31.2 Å². The molecule has 19 heavy (non-hydrogen) atoms. The van der Waals surface area contributed by atoms with E-state index in [4.69, 9.17) is 4.74 Å². The molecule has 0 radical (unpaired) electrons. The van der Waals surface area contributed by atoms with Gasteiger partial charge in [0, 0.05) is 11.8 Å². The zero-order valence-corrected chi connectivity index (χ0v) is 12.2. The van der Waals surface area contributed by atoms with Crippen molar-refractivity contribution in [2.45, 2.75) is 37.5 Å². The SMILES string of the molecule is COc1cccc(CNC(=O)CSC2CCCC2)c1. The number of carbonyl (C=O) groups excluding carboxylic acids is 1. The maximum Gasteiger partial charge on any atom is 0.230 e. The number of benzene rings is 1. The van der Waals surface area contributed by atoms with E-state index in [2.05, 4.69) is 5.32 Å². The van der Waals surface area contributed by atoms with Crippen molar-refractivity contribution in [2.75, 3.05) is 12.9 Å². The topological polar surface area (TPSA) is 38.3 Å². The number of nitrogens with one attached hydrogen (secondary N) is 1. The van der Waals surface area contributed by atoms with E-state index in [-0.39, 0.29) is 5.91 Å². The standard InChI is InChI=1S/C15H21NO2S/c1-18-13-6-4-5-12(9-13)10-16-15(17)11-19-14-7-2-3-8-14/h4-6,9,14H,2-3,7-8,10-11H2,1H3,(H,16,17). The summed E-state index contributed by atoms with van der Waals surface area (Å²) < 4.78 is 5.16. The molecular weight excluding hydrogens is 258 g/mol. The molecule has 0 heterocycles. The molecule has 1 aliphatic carbocycles. The molecule has 1 amide bonds. The fourth-order valence-corrected chi connectivity index (χ4v) is 3.44. The number of hydrogen-bond acceptors (Lipinski definition) is 3. The monoisotopic (exact) mass is 279 g/mol. The van der Waals surface area contributed by atoms with Crippen molar-refractivity contribution in [1.82, 2.24) is 5.32 Å². The Hall–Kier alpha value is -1.16. The number of carbonyl (C=O) groups is 1. The van der Waals surface area contributed by atoms with Gasteiger partial charge >= 0.3 is 0 Å². The fourth-order valence-electron chi connectivity index (χ4n) is 2.28. The van der Waals surface area contributed by atoms with Gasteiger partial charge in [0.15, 0.2) is 0 Å². The van der Waals surface area contributed by atoms with Crippen LogP contribution in [-0.2, 0) is 11.3 Å². The molecule has 1 aromatic rings. The van der Waals surface area contributed by atoms with Gasteiger partial charge in [-0.25, -0.2) is 0 Å². The molecule has 0 aromatic heterocycles. The summed E-state index contributed by atoms with van der Waals surface area (Å²) >= 11 is 1.80. The molecule has 0 aliphatic heterocycles. The van der Waals surface area contributed by atoms with E-state index in [0.29, 0.717) is 17.5 Å². The van der Waals surface area contributed by atoms with Crippen LogP contribution in [0.25, 0.3) is 0 Å². The zero-order valence-electron chi connectivity index (χ0n) is 11.4. The lowest BCUT2D eigenvalue weighted by molar-refractivity contribution is -0.118. The normalized spacial score (nSPS) is 15.4. The Morgan fingerprint density at radius 1 is 1.42 bits per heavy atom. The van der Waals surface area contributed by atoms with Crippen LogP contribution in [0.2, 0.25) is 0 Å². The van der Waals surface area contributed by atoms with Crippen molar-refractivity contribution in [3.63, 3.8) is 0 Å². The minimum Gasteiger partial charge on any atom is -0.497 e. The summed E-state index contributed by atoms with van der Waals surface area (Å²) in [5.41, 5.74) is 1.07. The molecule has 0 saturated heterocycles. The van der Waals surface area contributed by atoms with Gasteiger partial charge in [0.2, 0.25) is 5.91 Å². The first-order valence-electron chi connectivity index (χ1n) is 6.79. The number of rotatable bonds is 6. The highest BCUT2D eigenvalue weighted by atomic mass is 32.2. The van der Waals surface area contributed by atoms with E-state index < -0.39 is 0 Å². The van der Waals surface area contributed by atoms with Gasteiger partial charge in [-0.2, -0.15) is 0 Å². The molecule has 0 unspecified atom stereocenters. The highest BCUT2D eigenvalue weighted by molar-refractivity contribution is 8.00. The number of methoxy groups -OCH3 is 1. The lowest BCUT2D eigenvalue weighted by Crippen LogP contribution is -2.25. The van der Waals surface area contributed by atoms with E-state index in [1.807, 2.05) is 24.3 Å². The molecule has 1 fully saturated rings. The van der Waals surface area contributed by atoms with Crippen molar-refractivity contribution in [2.24, 2.45) is 0 Å². The van der Waals surface area contributed by atoms with Gasteiger partial charge in [0.1, 0.15) is 5.75 Å². The molecular formula is C15H21NO2S. The molecule has 1 saturated carbocycles. The van der Waals surface area contributed by atoms with Crippen LogP contribution in [-0.4, -0.2) is 24.0 Å². The summed E-state index contributed by atoms with van der Waals surface area (Å²) in [7, 11) is 1.65. The number of ether oxygens (including phenoxy) is 1. The maximum absolute atomic E-state index is 11.8. The van der Waals surface area contributed by atoms with Gasteiger partial charge in [-0.1, -0.05) is 25.0 Å². The molecule has 0 spiro atoms. The zero-order chi connectivity index (χ0) is 13.5. The first-order chi connectivity index (χ1) is 9.28. The smallest absolute Gasteiger partial charge is 0.230 e. The third-order valence-corrected chi connectivity index (χ3v) is 4.75. The van der Waals surface area contributed by atoms with Crippen LogP contribution in [0.3, 0.4) is 0 Å². The lowest BCUT2D eigenvalue weighted by Gasteiger charge is -2.09. The van der Waals surface area contributed by atoms with Gasteiger partial charge in [-0.05, 0) is 30.5 Å². The summed E-state index contributed by atoms with van der Waals surface area (Å²) in [4.78, 5) is 11.8. The van der Waals surface area contributed by atoms with E-state index in [1.165, 1.54) is 25.7 Å². The average molecular weight is 279 g/mol. The highest BCUT2D eigenvalue weighted by Crippen LogP contribution is 2.29. The summed E-state index contributed by atoms with van der Waals surface area (Å²) in [6.07, 6.45) is 5.19. The van der Waals surface area contributed by atoms with Gasteiger partial charge in [0.25, 0.3) is 0 Å². The van der Waals surface area contributed by atoms with Gasteiger partial charge in [-0.15, -0.1) is 11.8 Å². The second-order valence-corrected chi connectivity index (χ2v) is 6.13. The van der Waals surface area contributed by atoms with E-state index in [1.54, 1.807) is 18.9 Å². The number of hydrogen-bond donors (Lipinski definition) is 1. The third kappa shape index (κ3) is 4.78. The molecule has 2 rings (SSSR count). The lowest BCUT2D eigenvalue weighted by atomic mass is 10.2. The van der Waals surface area contributed by atoms with Crippen LogP contribution in [0.4, 0.5) is 0 Å². The van der Waals surface area contributed by atoms with Gasteiger partial charge < -0.3 is 10.1 Å². The van der Waals surface area contributed by atoms with Crippen molar-refractivity contribution >= 4 is 17.7 Å². The predicted molar refractivity (Wildman–Crippen MR) is 79.6 cm³/mol. The molecule has 0 atom stereocenters. The van der Waals surface area contributed by atoms with Gasteiger partial charge in [0.05, 0.1) is 12.9 Å². The highest BCUT2D eigenvalue weighted by Gasteiger charge is 2.16. The molecule has 104 valence electrons. The Morgan fingerprint density at radius 3 is 2.95 bits per heavy atom. The van der Waals surface area contributed by atoms with Crippen LogP contribution in [0, 0.1) is 0 Å². The van der Waals surface area contributed by atoms with E-state index >= 15 is 0 Å². The summed E-state index contributed by atoms with van der Waals surface area (Å²) in [5.74, 6) is 1.53. The summed E-state index contributed by atoms with van der Waals surface area (Å²) in [6.45, 7) is 0.571. The second kappa shape index (κ2) is 7.43. The van der Waals surface area contributed by atoms with E-state index in [0.717, 1.165) is 11.3 Å². The third-order valence-electron chi connectivity index (χ3n) is 3.38. The first-order valence-corrected chi connectivity index (χ1v) is 7.84. The van der Waals surface area contributed by atoms with E-state index in [9.17, 15) is 4.79 Å². The second-order valence-electron chi connectivity index (χ2n) is 4.85. The maximum atomic E-state index is 11.8. The van der Waals surface area contributed by atoms with Crippen LogP contribution in [0.15, 0.2) is 24.3 Å². The average Bonchev–Trinajstić information content (AvgIpc) is 2.96. The van der Waals surface area contributed by atoms with Crippen LogP contribution in [0.5, 0.6) is 5.75 Å². The number of amides is 1. The Morgan fingerprint density at radius 2 is 2.21 bits per heavy atom. The minimum absolute atomic E-state index is 0.125. The quantitative estimate of drug-likeness (QED) is 0.870. The number of thioether (sulfide) groups is 1. The summed E-state index contributed by atoms with van der Waals surface area (Å²) in [6, 6.07) is 7.78. The largest absolute Gasteiger partial charge is 0.497 e. The van der Waals surface area contributed by atoms with Crippen molar-refractivity contribution in [3.8, 4) is 5.75 Å². The molecule has 1 N–H and O–H groups in total. The van der Waals surface area contributed by atoms with Crippen molar-refractivity contribution in [3.05, 3.63) is 29.8 Å². The predicted octanol–water partition coefficient (Wildman–Crippen LogP) is 2.99. The van der Waals surface area contributed by atoms with Gasteiger partial charge in [-0.3, -0.25) is 4.79 Å². The summed E-state index contributed by atoms with van der Waals surface area (Å²) in [5, 5.41) is 3.66. The fraction of sp³-hybridized carbons (Fsp3) is 0.533. The van der Waals surface area contributed by atoms with Crippen molar-refractivity contribution in [1.29, 1.82) is 0 Å². The molecule has 1 aliphatic rings. The molecule has 1 aromatic carbocycles.